The van der Waals surface area contributed by atoms with Crippen LogP contribution >= 0.6 is 0 Å². The molecule has 1 aliphatic carbocycles. The third-order valence-electron chi connectivity index (χ3n) is 8.17. The zero-order valence-electron chi connectivity index (χ0n) is 20.7. The number of unbranched alkanes of at least 4 members (excludes halogenated alkanes) is 1. The van der Waals surface area contributed by atoms with Gasteiger partial charge in [-0.2, -0.15) is 0 Å². The Balaban J connectivity index is 1.32. The van der Waals surface area contributed by atoms with Gasteiger partial charge in [-0.25, -0.2) is 9.18 Å². The summed E-state index contributed by atoms with van der Waals surface area (Å²) in [6.07, 6.45) is 5.96. The van der Waals surface area contributed by atoms with Crippen LogP contribution < -0.4 is 5.32 Å². The van der Waals surface area contributed by atoms with Gasteiger partial charge in [0, 0.05) is 12.1 Å². The van der Waals surface area contributed by atoms with Gasteiger partial charge in [0.15, 0.2) is 0 Å². The van der Waals surface area contributed by atoms with Crippen LogP contribution in [0.5, 0.6) is 0 Å². The van der Waals surface area contributed by atoms with Crippen LogP contribution in [0.2, 0.25) is 0 Å². The summed E-state index contributed by atoms with van der Waals surface area (Å²) in [5, 5.41) is 3.10. The predicted octanol–water partition coefficient (Wildman–Crippen LogP) is 6.28. The van der Waals surface area contributed by atoms with Crippen LogP contribution in [0.25, 0.3) is 11.1 Å². The minimum atomic E-state index is -0.378. The molecule has 1 unspecified atom stereocenters. The molecular weight excluding hydrogens is 427 g/mol. The first-order chi connectivity index (χ1) is 16.3. The molecule has 6 rings (SSSR count). The van der Waals surface area contributed by atoms with E-state index in [1.54, 1.807) is 6.07 Å². The number of alkyl carbamates (subject to hydrolysis) is 1. The second kappa shape index (κ2) is 9.33. The molecule has 2 atom stereocenters. The maximum atomic E-state index is 15.3. The number of nitrogens with zero attached hydrogens (tertiary/aromatic N) is 1. The Hall–Kier alpha value is -2.40. The summed E-state index contributed by atoms with van der Waals surface area (Å²) in [7, 11) is 0. The fraction of sp³-hybridized carbons (Fsp3) is 0.552. The second-order valence-corrected chi connectivity index (χ2v) is 11.2. The molecule has 0 spiro atoms. The van der Waals surface area contributed by atoms with Gasteiger partial charge in [0.2, 0.25) is 0 Å². The lowest BCUT2D eigenvalue weighted by atomic mass is 9.85. The molecule has 0 radical (unpaired) electrons. The SMILES string of the molecule is CCCCc1ccc(-c2cc3c(cc2F)C(NC(=O)O[C@H]2CN4CCC2CC4)C(C)(C)C3)cc1. The van der Waals surface area contributed by atoms with Gasteiger partial charge in [0.05, 0.1) is 6.04 Å². The predicted molar refractivity (Wildman–Crippen MR) is 133 cm³/mol. The van der Waals surface area contributed by atoms with Crippen molar-refractivity contribution in [2.45, 2.75) is 71.4 Å². The lowest BCUT2D eigenvalue weighted by Crippen LogP contribution is -2.53. The Bertz CT molecular complexity index is 1040. The number of halogens is 1. The monoisotopic (exact) mass is 464 g/mol. The van der Waals surface area contributed by atoms with Gasteiger partial charge >= 0.3 is 6.09 Å². The van der Waals surface area contributed by atoms with Gasteiger partial charge in [0.25, 0.3) is 0 Å². The number of carbonyl (C=O) groups excluding carboxylic acids is 1. The zero-order valence-corrected chi connectivity index (χ0v) is 20.7. The summed E-state index contributed by atoms with van der Waals surface area (Å²) < 4.78 is 21.2. The highest BCUT2D eigenvalue weighted by Gasteiger charge is 2.42. The third-order valence-corrected chi connectivity index (χ3v) is 8.17. The number of amides is 1. The maximum Gasteiger partial charge on any atom is 0.407 e. The van der Waals surface area contributed by atoms with Crippen LogP contribution in [-0.2, 0) is 17.6 Å². The Morgan fingerprint density at radius 1 is 1.18 bits per heavy atom. The number of piperidine rings is 3. The molecule has 0 aromatic heterocycles. The van der Waals surface area contributed by atoms with Gasteiger partial charge in [-0.05, 0) is 90.9 Å². The average Bonchev–Trinajstić information content (AvgIpc) is 3.07. The Labute approximate surface area is 202 Å². The van der Waals surface area contributed by atoms with E-state index in [0.717, 1.165) is 68.4 Å². The van der Waals surface area contributed by atoms with E-state index >= 15 is 4.39 Å². The number of carbonyl (C=O) groups is 1. The first kappa shape index (κ1) is 23.3. The van der Waals surface area contributed by atoms with Crippen LogP contribution in [-0.4, -0.2) is 36.7 Å². The van der Waals surface area contributed by atoms with Crippen molar-refractivity contribution in [2.24, 2.45) is 11.3 Å². The summed E-state index contributed by atoms with van der Waals surface area (Å²) in [5.74, 6) is 0.225. The van der Waals surface area contributed by atoms with Crippen molar-refractivity contribution < 1.29 is 13.9 Å². The summed E-state index contributed by atoms with van der Waals surface area (Å²) in [5.41, 5.74) is 4.58. The highest BCUT2D eigenvalue weighted by atomic mass is 19.1. The fourth-order valence-electron chi connectivity index (χ4n) is 6.13. The van der Waals surface area contributed by atoms with Crippen molar-refractivity contribution in [1.82, 2.24) is 10.2 Å². The first-order valence-corrected chi connectivity index (χ1v) is 12.9. The minimum absolute atomic E-state index is 0.0362. The fourth-order valence-corrected chi connectivity index (χ4v) is 6.13. The Kier molecular flexibility index (Phi) is 6.41. The van der Waals surface area contributed by atoms with Gasteiger partial charge in [-0.3, -0.25) is 4.90 Å². The highest BCUT2D eigenvalue weighted by molar-refractivity contribution is 5.70. The quantitative estimate of drug-likeness (QED) is 0.547. The number of fused-ring (bicyclic) bond motifs is 4. The van der Waals surface area contributed by atoms with E-state index in [-0.39, 0.29) is 29.5 Å². The molecule has 3 fully saturated rings. The van der Waals surface area contributed by atoms with E-state index in [4.69, 9.17) is 4.74 Å². The molecule has 2 aromatic rings. The molecule has 34 heavy (non-hydrogen) atoms. The number of nitrogens with one attached hydrogen (secondary N) is 1. The molecule has 5 heteroatoms. The van der Waals surface area contributed by atoms with E-state index in [0.29, 0.717) is 11.5 Å². The van der Waals surface area contributed by atoms with Crippen LogP contribution in [0, 0.1) is 17.2 Å². The molecule has 1 N–H and O–H groups in total. The first-order valence-electron chi connectivity index (χ1n) is 12.9. The number of hydrogen-bond acceptors (Lipinski definition) is 3. The number of benzene rings is 2. The molecule has 1 amide bonds. The molecule has 2 bridgehead atoms. The van der Waals surface area contributed by atoms with Crippen molar-refractivity contribution in [3.05, 3.63) is 58.9 Å². The number of ether oxygens (including phenoxy) is 1. The summed E-state index contributed by atoms with van der Waals surface area (Å²) in [6, 6.07) is 11.6. The summed E-state index contributed by atoms with van der Waals surface area (Å²) in [6.45, 7) is 9.50. The van der Waals surface area contributed by atoms with E-state index in [9.17, 15) is 4.79 Å². The van der Waals surface area contributed by atoms with Gasteiger partial charge in [-0.1, -0.05) is 51.5 Å². The van der Waals surface area contributed by atoms with Gasteiger partial charge in [0.1, 0.15) is 11.9 Å². The normalized spacial score (nSPS) is 26.8. The topological polar surface area (TPSA) is 41.6 Å². The zero-order chi connectivity index (χ0) is 23.9. The van der Waals surface area contributed by atoms with Crippen molar-refractivity contribution in [1.29, 1.82) is 0 Å². The van der Waals surface area contributed by atoms with E-state index < -0.39 is 0 Å². The molecular formula is C29H37FN2O2. The molecule has 4 aliphatic rings. The smallest absolute Gasteiger partial charge is 0.407 e. The molecule has 3 aliphatic heterocycles. The minimum Gasteiger partial charge on any atom is -0.445 e. The number of rotatable bonds is 6. The largest absolute Gasteiger partial charge is 0.445 e. The molecule has 2 aromatic carbocycles. The van der Waals surface area contributed by atoms with E-state index in [1.807, 2.05) is 18.2 Å². The second-order valence-electron chi connectivity index (χ2n) is 11.2. The van der Waals surface area contributed by atoms with Crippen molar-refractivity contribution >= 4 is 6.09 Å². The standard InChI is InChI=1S/C29H37FN2O2/c1-4-5-6-19-7-9-20(10-8-19)23-15-22-17-29(2,3)27(24(22)16-25(23)30)31-28(33)34-26-18-32-13-11-21(26)12-14-32/h7-10,15-16,21,26-27H,4-6,11-14,17-18H2,1-3H3,(H,31,33)/t26-,27?/m0/s1. The van der Waals surface area contributed by atoms with Gasteiger partial charge in [-0.15, -0.1) is 0 Å². The van der Waals surface area contributed by atoms with Gasteiger partial charge < -0.3 is 10.1 Å². The Morgan fingerprint density at radius 3 is 2.56 bits per heavy atom. The van der Waals surface area contributed by atoms with Crippen LogP contribution in [0.1, 0.15) is 69.2 Å². The third kappa shape index (κ3) is 4.59. The number of hydrogen-bond donors (Lipinski definition) is 1. The van der Waals surface area contributed by atoms with Crippen molar-refractivity contribution in [3.8, 4) is 11.1 Å². The summed E-state index contributed by atoms with van der Waals surface area (Å²) >= 11 is 0. The lowest BCUT2D eigenvalue weighted by molar-refractivity contribution is -0.0349. The molecule has 3 saturated heterocycles. The Morgan fingerprint density at radius 2 is 1.91 bits per heavy atom. The molecule has 182 valence electrons. The summed E-state index contributed by atoms with van der Waals surface area (Å²) in [4.78, 5) is 15.3. The van der Waals surface area contributed by atoms with Crippen LogP contribution in [0.15, 0.2) is 36.4 Å². The molecule has 0 saturated carbocycles. The highest BCUT2D eigenvalue weighted by Crippen LogP contribution is 2.47. The van der Waals surface area contributed by atoms with E-state index in [1.165, 1.54) is 12.0 Å². The average molecular weight is 465 g/mol. The van der Waals surface area contributed by atoms with E-state index in [2.05, 4.69) is 43.1 Å². The lowest BCUT2D eigenvalue weighted by Gasteiger charge is -2.44. The molecule has 4 nitrogen and oxygen atoms in total. The number of aryl methyl sites for hydroxylation is 1. The molecule has 3 heterocycles. The van der Waals surface area contributed by atoms with Crippen molar-refractivity contribution in [3.63, 3.8) is 0 Å². The van der Waals surface area contributed by atoms with Crippen LogP contribution in [0.3, 0.4) is 0 Å². The maximum absolute atomic E-state index is 15.3. The van der Waals surface area contributed by atoms with Crippen molar-refractivity contribution in [2.75, 3.05) is 19.6 Å². The van der Waals surface area contributed by atoms with Crippen LogP contribution in [0.4, 0.5) is 9.18 Å².